The second-order valence-electron chi connectivity index (χ2n) is 6.40. The molecule has 0 spiro atoms. The molecule has 26 heavy (non-hydrogen) atoms. The van der Waals surface area contributed by atoms with Crippen LogP contribution in [0, 0.1) is 0 Å². The van der Waals surface area contributed by atoms with E-state index in [-0.39, 0.29) is 11.9 Å². The number of amides is 1. The first-order valence-electron chi connectivity index (χ1n) is 8.39. The van der Waals surface area contributed by atoms with Gasteiger partial charge in [0.15, 0.2) is 0 Å². The van der Waals surface area contributed by atoms with E-state index < -0.39 is 0 Å². The molecule has 1 aliphatic rings. The molecule has 0 bridgehead atoms. The Balaban J connectivity index is 1.52. The maximum atomic E-state index is 12.8. The van der Waals surface area contributed by atoms with Crippen molar-refractivity contribution in [1.29, 1.82) is 0 Å². The molecule has 1 unspecified atom stereocenters. The summed E-state index contributed by atoms with van der Waals surface area (Å²) in [5.41, 5.74) is 4.43. The highest BCUT2D eigenvalue weighted by Crippen LogP contribution is 2.29. The molecule has 0 aliphatic carbocycles. The summed E-state index contributed by atoms with van der Waals surface area (Å²) in [5, 5.41) is 5.23. The fraction of sp³-hybridized carbons (Fsp3) is 0.100. The number of halogens is 1. The summed E-state index contributed by atoms with van der Waals surface area (Å²) in [6.07, 6.45) is 3.81. The molecule has 4 aromatic rings. The van der Waals surface area contributed by atoms with Gasteiger partial charge in [0, 0.05) is 49.8 Å². The zero-order valence-electron chi connectivity index (χ0n) is 13.7. The van der Waals surface area contributed by atoms with Crippen LogP contribution in [0.3, 0.4) is 0 Å². The lowest BCUT2D eigenvalue weighted by atomic mass is 10.0. The average molecular weight is 407 g/mol. The third-order valence-electron chi connectivity index (χ3n) is 4.85. The van der Waals surface area contributed by atoms with Crippen LogP contribution in [0.4, 0.5) is 0 Å². The summed E-state index contributed by atoms with van der Waals surface area (Å²) in [6.45, 7) is 0.517. The molecule has 1 amide bonds. The summed E-state index contributed by atoms with van der Waals surface area (Å²) in [6, 6.07) is 13.9. The van der Waals surface area contributed by atoms with E-state index in [1.807, 2.05) is 48.8 Å². The number of H-pyrrole nitrogens is 2. The molecule has 5 rings (SSSR count). The predicted molar refractivity (Wildman–Crippen MR) is 107 cm³/mol. The highest BCUT2D eigenvalue weighted by atomic mass is 79.9. The van der Waals surface area contributed by atoms with Crippen LogP contribution in [-0.4, -0.2) is 28.1 Å². The van der Waals surface area contributed by atoms with Gasteiger partial charge in [-0.15, -0.1) is 0 Å². The summed E-state index contributed by atoms with van der Waals surface area (Å²) in [7, 11) is 0. The number of para-hydroxylation sites is 1. The number of carbonyl (C=O) groups is 1. The van der Waals surface area contributed by atoms with E-state index in [1.165, 1.54) is 0 Å². The Morgan fingerprint density at radius 1 is 1.00 bits per heavy atom. The molecular weight excluding hydrogens is 392 g/mol. The molecular formula is C20H15BrN4O. The van der Waals surface area contributed by atoms with Gasteiger partial charge in [0.05, 0.1) is 12.6 Å². The van der Waals surface area contributed by atoms with E-state index in [0.29, 0.717) is 12.3 Å². The monoisotopic (exact) mass is 406 g/mol. The molecule has 2 aromatic heterocycles. The molecule has 3 heterocycles. The van der Waals surface area contributed by atoms with Crippen LogP contribution in [0.15, 0.2) is 64.3 Å². The van der Waals surface area contributed by atoms with Crippen LogP contribution < -0.4 is 5.32 Å². The van der Waals surface area contributed by atoms with Crippen LogP contribution >= 0.6 is 15.9 Å². The second-order valence-corrected chi connectivity index (χ2v) is 7.31. The van der Waals surface area contributed by atoms with Gasteiger partial charge in [0.1, 0.15) is 5.71 Å². The molecule has 0 radical (unpaired) electrons. The highest BCUT2D eigenvalue weighted by Gasteiger charge is 2.27. The van der Waals surface area contributed by atoms with Gasteiger partial charge in [-0.2, -0.15) is 0 Å². The van der Waals surface area contributed by atoms with Crippen LogP contribution in [0.2, 0.25) is 0 Å². The average Bonchev–Trinajstić information content (AvgIpc) is 3.25. The standard InChI is InChI=1S/C20H15BrN4O/c21-11-5-6-13-14(8-23-17(13)7-11)18-10-24-19(20(26)25-18)15-9-22-16-4-2-1-3-12(15)16/h1-9,18,22-23H,10H2,(H,25,26). The lowest BCUT2D eigenvalue weighted by Gasteiger charge is -2.22. The van der Waals surface area contributed by atoms with E-state index in [0.717, 1.165) is 37.4 Å². The number of carbonyl (C=O) groups excluding carboxylic acids is 1. The lowest BCUT2D eigenvalue weighted by Crippen LogP contribution is -2.40. The van der Waals surface area contributed by atoms with Crippen molar-refractivity contribution in [3.8, 4) is 0 Å². The Kier molecular flexibility index (Phi) is 3.46. The maximum absolute atomic E-state index is 12.8. The first-order chi connectivity index (χ1) is 12.7. The van der Waals surface area contributed by atoms with Gasteiger partial charge in [-0.05, 0) is 18.2 Å². The van der Waals surface area contributed by atoms with Crippen LogP contribution in [0.25, 0.3) is 21.8 Å². The summed E-state index contributed by atoms with van der Waals surface area (Å²) in [4.78, 5) is 23.9. The number of nitrogens with zero attached hydrogens (tertiary/aromatic N) is 1. The molecule has 1 aliphatic heterocycles. The van der Waals surface area contributed by atoms with Crippen molar-refractivity contribution in [3.05, 3.63) is 70.5 Å². The van der Waals surface area contributed by atoms with Gasteiger partial charge in [-0.3, -0.25) is 9.79 Å². The normalized spacial score (nSPS) is 17.5. The van der Waals surface area contributed by atoms with Gasteiger partial charge in [-0.1, -0.05) is 40.2 Å². The number of rotatable bonds is 2. The van der Waals surface area contributed by atoms with Gasteiger partial charge in [0.25, 0.3) is 5.91 Å². The topological polar surface area (TPSA) is 73.0 Å². The number of aliphatic imine (C=N–C) groups is 1. The fourth-order valence-electron chi connectivity index (χ4n) is 3.59. The third kappa shape index (κ3) is 2.37. The Bertz CT molecular complexity index is 1190. The molecule has 6 heteroatoms. The van der Waals surface area contributed by atoms with Gasteiger partial charge in [-0.25, -0.2) is 0 Å². The molecule has 2 aromatic carbocycles. The van der Waals surface area contributed by atoms with Gasteiger partial charge < -0.3 is 15.3 Å². The van der Waals surface area contributed by atoms with Crippen molar-refractivity contribution in [2.75, 3.05) is 6.54 Å². The summed E-state index contributed by atoms with van der Waals surface area (Å²) < 4.78 is 1.02. The Morgan fingerprint density at radius 2 is 1.85 bits per heavy atom. The number of hydrogen-bond acceptors (Lipinski definition) is 2. The SMILES string of the molecule is O=C1NC(c2c[nH]c3cc(Br)ccc23)CN=C1c1c[nH]c2ccccc12. The quantitative estimate of drug-likeness (QED) is 0.461. The molecule has 0 fully saturated rings. The number of fused-ring (bicyclic) bond motifs is 2. The maximum Gasteiger partial charge on any atom is 0.270 e. The second kappa shape index (κ2) is 5.85. The van der Waals surface area contributed by atoms with E-state index in [1.54, 1.807) is 0 Å². The predicted octanol–water partition coefficient (Wildman–Crippen LogP) is 4.07. The molecule has 0 saturated heterocycles. The number of aromatic nitrogens is 2. The number of benzene rings is 2. The van der Waals surface area contributed by atoms with Crippen LogP contribution in [0.1, 0.15) is 17.2 Å². The molecule has 5 nitrogen and oxygen atoms in total. The number of nitrogens with one attached hydrogen (secondary N) is 3. The first kappa shape index (κ1) is 15.4. The summed E-state index contributed by atoms with van der Waals surface area (Å²) >= 11 is 3.48. The van der Waals surface area contributed by atoms with Crippen molar-refractivity contribution >= 4 is 49.4 Å². The highest BCUT2D eigenvalue weighted by molar-refractivity contribution is 9.10. The van der Waals surface area contributed by atoms with Crippen molar-refractivity contribution in [1.82, 2.24) is 15.3 Å². The van der Waals surface area contributed by atoms with E-state index in [4.69, 9.17) is 0 Å². The Morgan fingerprint density at radius 3 is 2.73 bits per heavy atom. The molecule has 0 saturated carbocycles. The summed E-state index contributed by atoms with van der Waals surface area (Å²) in [5.74, 6) is -0.141. The van der Waals surface area contributed by atoms with Crippen LogP contribution in [0.5, 0.6) is 0 Å². The van der Waals surface area contributed by atoms with Crippen molar-refractivity contribution < 1.29 is 4.79 Å². The first-order valence-corrected chi connectivity index (χ1v) is 9.18. The van der Waals surface area contributed by atoms with Gasteiger partial charge in [0.2, 0.25) is 0 Å². The lowest BCUT2D eigenvalue weighted by molar-refractivity contribution is -0.115. The minimum atomic E-state index is -0.141. The van der Waals surface area contributed by atoms with E-state index in [2.05, 4.69) is 42.3 Å². The third-order valence-corrected chi connectivity index (χ3v) is 5.34. The van der Waals surface area contributed by atoms with Gasteiger partial charge >= 0.3 is 0 Å². The van der Waals surface area contributed by atoms with E-state index >= 15 is 0 Å². The fourth-order valence-corrected chi connectivity index (χ4v) is 3.95. The number of hydrogen-bond donors (Lipinski definition) is 3. The van der Waals surface area contributed by atoms with E-state index in [9.17, 15) is 4.79 Å². The Hall–Kier alpha value is -2.86. The smallest absolute Gasteiger partial charge is 0.270 e. The number of aromatic amines is 2. The largest absolute Gasteiger partial charge is 0.361 e. The Labute approximate surface area is 157 Å². The molecule has 3 N–H and O–H groups in total. The van der Waals surface area contributed by atoms with Crippen molar-refractivity contribution in [3.63, 3.8) is 0 Å². The molecule has 1 atom stereocenters. The zero-order valence-corrected chi connectivity index (χ0v) is 15.3. The van der Waals surface area contributed by atoms with Crippen molar-refractivity contribution in [2.45, 2.75) is 6.04 Å². The minimum absolute atomic E-state index is 0.133. The zero-order chi connectivity index (χ0) is 17.7. The van der Waals surface area contributed by atoms with Crippen LogP contribution in [-0.2, 0) is 4.79 Å². The molecule has 128 valence electrons. The minimum Gasteiger partial charge on any atom is -0.361 e. The van der Waals surface area contributed by atoms with Crippen molar-refractivity contribution in [2.24, 2.45) is 4.99 Å².